The third-order valence-electron chi connectivity index (χ3n) is 4.44. The zero-order valence-corrected chi connectivity index (χ0v) is 16.0. The van der Waals surface area contributed by atoms with Crippen LogP contribution in [0.15, 0.2) is 53.3 Å². The number of aryl methyl sites for hydroxylation is 1. The van der Waals surface area contributed by atoms with Crippen LogP contribution in [0, 0.1) is 6.92 Å². The highest BCUT2D eigenvalue weighted by atomic mass is 35.5. The molecule has 0 bridgehead atoms. The van der Waals surface area contributed by atoms with Crippen LogP contribution in [-0.2, 0) is 0 Å². The lowest BCUT2D eigenvalue weighted by atomic mass is 10.1. The molecular formula is C21H22ClN3O. The summed E-state index contributed by atoms with van der Waals surface area (Å²) in [6.45, 7) is 8.10. The van der Waals surface area contributed by atoms with E-state index in [2.05, 4.69) is 35.9 Å². The molecule has 0 amide bonds. The smallest absolute Gasteiger partial charge is 0.258 e. The highest BCUT2D eigenvalue weighted by Crippen LogP contribution is 2.22. The molecule has 0 N–H and O–H groups in total. The second-order valence-electron chi connectivity index (χ2n) is 6.10. The number of aromatic nitrogens is 2. The fourth-order valence-corrected chi connectivity index (χ4v) is 3.25. The number of hydrogen-bond acceptors (Lipinski definition) is 3. The molecule has 5 heteroatoms. The van der Waals surface area contributed by atoms with E-state index in [-0.39, 0.29) is 5.56 Å². The molecule has 3 aromatic rings. The van der Waals surface area contributed by atoms with E-state index in [0.29, 0.717) is 16.4 Å². The molecule has 0 aliphatic carbocycles. The maximum atomic E-state index is 12.4. The molecule has 0 saturated carbocycles. The van der Waals surface area contributed by atoms with Gasteiger partial charge in [0.15, 0.2) is 0 Å². The molecule has 0 spiro atoms. The minimum Gasteiger partial charge on any atom is -0.372 e. The number of pyridine rings is 1. The molecule has 4 nitrogen and oxygen atoms in total. The Kier molecular flexibility index (Phi) is 5.43. The average molecular weight is 368 g/mol. The molecule has 26 heavy (non-hydrogen) atoms. The summed E-state index contributed by atoms with van der Waals surface area (Å²) in [7, 11) is 0. The Morgan fingerprint density at radius 1 is 1.15 bits per heavy atom. The van der Waals surface area contributed by atoms with Crippen LogP contribution >= 0.6 is 11.6 Å². The first-order valence-corrected chi connectivity index (χ1v) is 9.13. The van der Waals surface area contributed by atoms with Crippen LogP contribution in [0.1, 0.15) is 30.8 Å². The van der Waals surface area contributed by atoms with Crippen LogP contribution in [0.3, 0.4) is 0 Å². The van der Waals surface area contributed by atoms with Crippen molar-refractivity contribution < 1.29 is 0 Å². The lowest BCUT2D eigenvalue weighted by Gasteiger charge is -2.20. The van der Waals surface area contributed by atoms with Gasteiger partial charge in [0.1, 0.15) is 5.65 Å². The van der Waals surface area contributed by atoms with E-state index < -0.39 is 0 Å². The molecular weight excluding hydrogens is 346 g/mol. The lowest BCUT2D eigenvalue weighted by Crippen LogP contribution is -2.21. The van der Waals surface area contributed by atoms with Crippen molar-refractivity contribution in [2.45, 2.75) is 20.8 Å². The summed E-state index contributed by atoms with van der Waals surface area (Å²) in [5.41, 5.74) is 3.94. The van der Waals surface area contributed by atoms with E-state index >= 15 is 0 Å². The van der Waals surface area contributed by atoms with Crippen LogP contribution in [0.2, 0.25) is 0 Å². The molecule has 0 atom stereocenters. The predicted molar refractivity (Wildman–Crippen MR) is 110 cm³/mol. The quantitative estimate of drug-likeness (QED) is 0.662. The minimum absolute atomic E-state index is 0.133. The second kappa shape index (κ2) is 7.75. The highest BCUT2D eigenvalue weighted by molar-refractivity contribution is 6.51. The number of nitrogens with zero attached hydrogens (tertiary/aromatic N) is 3. The van der Waals surface area contributed by atoms with E-state index in [4.69, 9.17) is 11.6 Å². The zero-order valence-electron chi connectivity index (χ0n) is 15.2. The van der Waals surface area contributed by atoms with Gasteiger partial charge in [-0.2, -0.15) is 0 Å². The standard InChI is InChI=1S/C21H22ClN3O/c1-4-24(5-2)17-11-9-16(10-12-17)13-18(22)19-14-21(26)25-15(3)7-6-8-20(25)23-19/h6-14H,4-5H2,1-3H3/b18-13-. The van der Waals surface area contributed by atoms with E-state index in [1.807, 2.05) is 37.3 Å². The van der Waals surface area contributed by atoms with Crippen LogP contribution in [0.5, 0.6) is 0 Å². The third kappa shape index (κ3) is 3.65. The summed E-state index contributed by atoms with van der Waals surface area (Å²) in [4.78, 5) is 19.2. The molecule has 1 aromatic carbocycles. The van der Waals surface area contributed by atoms with Gasteiger partial charge in [-0.05, 0) is 56.7 Å². The van der Waals surface area contributed by atoms with Crippen molar-refractivity contribution in [3.63, 3.8) is 0 Å². The Morgan fingerprint density at radius 3 is 2.50 bits per heavy atom. The Bertz CT molecular complexity index is 1000. The lowest BCUT2D eigenvalue weighted by molar-refractivity contribution is 0.866. The third-order valence-corrected chi connectivity index (χ3v) is 4.74. The molecule has 134 valence electrons. The summed E-state index contributed by atoms with van der Waals surface area (Å²) in [5.74, 6) is 0. The maximum Gasteiger partial charge on any atom is 0.258 e. The largest absolute Gasteiger partial charge is 0.372 e. The van der Waals surface area contributed by atoms with Gasteiger partial charge in [-0.1, -0.05) is 29.8 Å². The molecule has 3 rings (SSSR count). The van der Waals surface area contributed by atoms with Gasteiger partial charge in [-0.25, -0.2) is 4.98 Å². The van der Waals surface area contributed by atoms with Crippen molar-refractivity contribution in [1.29, 1.82) is 0 Å². The zero-order chi connectivity index (χ0) is 18.7. The molecule has 0 fully saturated rings. The molecule has 2 aromatic heterocycles. The van der Waals surface area contributed by atoms with Gasteiger partial charge in [0.2, 0.25) is 0 Å². The van der Waals surface area contributed by atoms with Crippen molar-refractivity contribution in [3.05, 3.63) is 75.8 Å². The fraction of sp³-hybridized carbons (Fsp3) is 0.238. The Morgan fingerprint density at radius 2 is 1.85 bits per heavy atom. The van der Waals surface area contributed by atoms with E-state index in [1.165, 1.54) is 11.8 Å². The first kappa shape index (κ1) is 18.2. The van der Waals surface area contributed by atoms with Gasteiger partial charge in [0.25, 0.3) is 5.56 Å². The normalized spacial score (nSPS) is 11.8. The predicted octanol–water partition coefficient (Wildman–Crippen LogP) is 4.59. The van der Waals surface area contributed by atoms with Gasteiger partial charge in [-0.3, -0.25) is 9.20 Å². The van der Waals surface area contributed by atoms with Crippen molar-refractivity contribution in [1.82, 2.24) is 9.38 Å². The number of hydrogen-bond donors (Lipinski definition) is 0. The highest BCUT2D eigenvalue weighted by Gasteiger charge is 2.07. The van der Waals surface area contributed by atoms with Crippen molar-refractivity contribution in [3.8, 4) is 0 Å². The summed E-state index contributed by atoms with van der Waals surface area (Å²) < 4.78 is 1.58. The maximum absolute atomic E-state index is 12.4. The van der Waals surface area contributed by atoms with Gasteiger partial charge >= 0.3 is 0 Å². The number of anilines is 1. The summed E-state index contributed by atoms with van der Waals surface area (Å²) in [5, 5.41) is 0.446. The number of halogens is 1. The molecule has 0 unspecified atom stereocenters. The van der Waals surface area contributed by atoms with Crippen molar-refractivity contribution >= 4 is 34.0 Å². The van der Waals surface area contributed by atoms with E-state index in [9.17, 15) is 4.79 Å². The molecule has 0 saturated heterocycles. The van der Waals surface area contributed by atoms with Crippen molar-refractivity contribution in [2.75, 3.05) is 18.0 Å². The van der Waals surface area contributed by atoms with Gasteiger partial charge in [0, 0.05) is 30.5 Å². The molecule has 0 radical (unpaired) electrons. The summed E-state index contributed by atoms with van der Waals surface area (Å²) in [6, 6.07) is 15.2. The summed E-state index contributed by atoms with van der Waals surface area (Å²) in [6.07, 6.45) is 1.83. The number of rotatable bonds is 5. The fourth-order valence-electron chi connectivity index (χ4n) is 3.03. The van der Waals surface area contributed by atoms with Crippen LogP contribution < -0.4 is 10.5 Å². The number of benzene rings is 1. The minimum atomic E-state index is -0.133. The molecule has 0 aliphatic rings. The van der Waals surface area contributed by atoms with Gasteiger partial charge < -0.3 is 4.90 Å². The summed E-state index contributed by atoms with van der Waals surface area (Å²) >= 11 is 6.45. The van der Waals surface area contributed by atoms with Crippen molar-refractivity contribution in [2.24, 2.45) is 0 Å². The molecule has 2 heterocycles. The Hall–Kier alpha value is -2.59. The average Bonchev–Trinajstić information content (AvgIpc) is 2.64. The van der Waals surface area contributed by atoms with E-state index in [0.717, 1.165) is 24.3 Å². The monoisotopic (exact) mass is 367 g/mol. The first-order chi connectivity index (χ1) is 12.5. The SMILES string of the molecule is CCN(CC)c1ccc(/C=C(\Cl)c2cc(=O)n3c(C)cccc3n2)cc1. The molecule has 0 aliphatic heterocycles. The van der Waals surface area contributed by atoms with E-state index in [1.54, 1.807) is 10.5 Å². The van der Waals surface area contributed by atoms with Crippen LogP contribution in [-0.4, -0.2) is 22.5 Å². The van der Waals surface area contributed by atoms with Crippen LogP contribution in [0.25, 0.3) is 16.8 Å². The van der Waals surface area contributed by atoms with Crippen LogP contribution in [0.4, 0.5) is 5.69 Å². The first-order valence-electron chi connectivity index (χ1n) is 8.75. The van der Waals surface area contributed by atoms with Gasteiger partial charge in [-0.15, -0.1) is 0 Å². The topological polar surface area (TPSA) is 37.6 Å². The second-order valence-corrected chi connectivity index (χ2v) is 6.50. The Labute approximate surface area is 158 Å². The number of fused-ring (bicyclic) bond motifs is 1. The van der Waals surface area contributed by atoms with Gasteiger partial charge in [0.05, 0.1) is 10.7 Å². The Balaban J connectivity index is 1.95.